The molecule has 0 aliphatic carbocycles. The molecule has 5 rings (SSSR count). The Morgan fingerprint density at radius 1 is 1.03 bits per heavy atom. The number of nitrogens with zero attached hydrogens (tertiary/aromatic N) is 6. The van der Waals surface area contributed by atoms with Crippen molar-refractivity contribution in [1.29, 1.82) is 0 Å². The van der Waals surface area contributed by atoms with Crippen LogP contribution in [0, 0.1) is 11.6 Å². The van der Waals surface area contributed by atoms with Gasteiger partial charge in [0.25, 0.3) is 0 Å². The monoisotopic (exact) mass is 451 g/mol. The van der Waals surface area contributed by atoms with Crippen LogP contribution in [0.4, 0.5) is 8.78 Å². The zero-order chi connectivity index (χ0) is 22.1. The molecule has 5 aromatic rings. The Morgan fingerprint density at radius 3 is 2.53 bits per heavy atom. The number of aliphatic hydroxyl groups is 1. The molecule has 0 spiro atoms. The molecule has 1 unspecified atom stereocenters. The molecule has 0 amide bonds. The summed E-state index contributed by atoms with van der Waals surface area (Å²) in [6.07, 6.45) is 5.65. The predicted molar refractivity (Wildman–Crippen MR) is 112 cm³/mol. The van der Waals surface area contributed by atoms with E-state index in [1.807, 2.05) is 24.3 Å². The molecule has 0 bridgehead atoms. The predicted octanol–water partition coefficient (Wildman–Crippen LogP) is 3.40. The van der Waals surface area contributed by atoms with Crippen LogP contribution in [0.3, 0.4) is 0 Å². The third-order valence-corrected chi connectivity index (χ3v) is 6.17. The summed E-state index contributed by atoms with van der Waals surface area (Å²) in [7, 11) is 0. The van der Waals surface area contributed by atoms with Crippen molar-refractivity contribution >= 4 is 11.3 Å². The van der Waals surface area contributed by atoms with E-state index in [1.165, 1.54) is 47.3 Å². The molecule has 1 atom stereocenters. The first-order valence-electron chi connectivity index (χ1n) is 9.46. The standard InChI is InChI=1S/C21H15F2N7OS/c22-15-5-6-16(17(23)7-15)21(31,9-30-12-24-10-28-30)18-8-25-20(32-18)14-3-1-13(2-4-14)19-26-11-27-29-19/h1-8,10-12,31H,9H2,(H,26,27,29). The lowest BCUT2D eigenvalue weighted by Gasteiger charge is -2.27. The zero-order valence-corrected chi connectivity index (χ0v) is 17.2. The van der Waals surface area contributed by atoms with Crippen LogP contribution in [0.2, 0.25) is 0 Å². The highest BCUT2D eigenvalue weighted by Crippen LogP contribution is 2.39. The highest BCUT2D eigenvalue weighted by Gasteiger charge is 2.37. The largest absolute Gasteiger partial charge is 0.377 e. The van der Waals surface area contributed by atoms with E-state index in [0.29, 0.717) is 15.7 Å². The minimum Gasteiger partial charge on any atom is -0.377 e. The lowest BCUT2D eigenvalue weighted by atomic mass is 9.92. The molecular weight excluding hydrogens is 436 g/mol. The molecule has 0 radical (unpaired) electrons. The van der Waals surface area contributed by atoms with Crippen LogP contribution >= 0.6 is 11.3 Å². The minimum absolute atomic E-state index is 0.0785. The van der Waals surface area contributed by atoms with E-state index in [9.17, 15) is 13.9 Å². The summed E-state index contributed by atoms with van der Waals surface area (Å²) < 4.78 is 29.6. The van der Waals surface area contributed by atoms with Crippen LogP contribution < -0.4 is 0 Å². The van der Waals surface area contributed by atoms with E-state index in [2.05, 4.69) is 30.2 Å². The zero-order valence-electron chi connectivity index (χ0n) is 16.4. The Balaban J connectivity index is 1.53. The molecule has 0 saturated heterocycles. The number of aromatic amines is 1. The SMILES string of the molecule is OC(Cn1cncn1)(c1cnc(-c2ccc(-c3ncn[nH]3)cc2)s1)c1ccc(F)cc1F. The fourth-order valence-electron chi connectivity index (χ4n) is 3.38. The van der Waals surface area contributed by atoms with Crippen LogP contribution in [-0.4, -0.2) is 40.0 Å². The molecule has 0 fully saturated rings. The van der Waals surface area contributed by atoms with Crippen molar-refractivity contribution < 1.29 is 13.9 Å². The van der Waals surface area contributed by atoms with E-state index in [-0.39, 0.29) is 12.1 Å². The number of hydrogen-bond acceptors (Lipinski definition) is 7. The van der Waals surface area contributed by atoms with Crippen molar-refractivity contribution in [3.05, 3.63) is 89.7 Å². The second-order valence-electron chi connectivity index (χ2n) is 7.02. The Hall–Kier alpha value is -3.83. The number of thiazole rings is 1. The summed E-state index contributed by atoms with van der Waals surface area (Å²) in [5.41, 5.74) is -0.238. The van der Waals surface area contributed by atoms with Crippen LogP contribution in [0.5, 0.6) is 0 Å². The number of nitrogens with one attached hydrogen (secondary N) is 1. The molecule has 0 aliphatic heterocycles. The molecule has 3 aromatic heterocycles. The maximum absolute atomic E-state index is 14.7. The summed E-state index contributed by atoms with van der Waals surface area (Å²) in [4.78, 5) is 12.8. The number of aromatic nitrogens is 7. The highest BCUT2D eigenvalue weighted by molar-refractivity contribution is 7.15. The summed E-state index contributed by atoms with van der Waals surface area (Å²) in [5, 5.41) is 22.9. The van der Waals surface area contributed by atoms with Gasteiger partial charge in [-0.25, -0.2) is 28.4 Å². The maximum Gasteiger partial charge on any atom is 0.155 e. The normalized spacial score (nSPS) is 13.2. The van der Waals surface area contributed by atoms with Gasteiger partial charge in [0.05, 0.1) is 11.4 Å². The first-order valence-corrected chi connectivity index (χ1v) is 10.3. The first-order chi connectivity index (χ1) is 15.5. The van der Waals surface area contributed by atoms with Crippen LogP contribution in [0.25, 0.3) is 22.0 Å². The van der Waals surface area contributed by atoms with Crippen LogP contribution in [0.1, 0.15) is 10.4 Å². The van der Waals surface area contributed by atoms with Crippen molar-refractivity contribution in [2.24, 2.45) is 0 Å². The van der Waals surface area contributed by atoms with E-state index >= 15 is 0 Å². The van der Waals surface area contributed by atoms with E-state index in [4.69, 9.17) is 0 Å². The van der Waals surface area contributed by atoms with Gasteiger partial charge in [0.1, 0.15) is 41.2 Å². The lowest BCUT2D eigenvalue weighted by Crippen LogP contribution is -2.33. The number of H-pyrrole nitrogens is 1. The Labute approximate surface area is 184 Å². The van der Waals surface area contributed by atoms with Gasteiger partial charge in [-0.15, -0.1) is 11.3 Å². The number of rotatable bonds is 6. The second kappa shape index (κ2) is 8.02. The molecule has 8 nitrogen and oxygen atoms in total. The molecule has 11 heteroatoms. The molecule has 160 valence electrons. The van der Waals surface area contributed by atoms with Crippen molar-refractivity contribution in [1.82, 2.24) is 34.9 Å². The summed E-state index contributed by atoms with van der Waals surface area (Å²) >= 11 is 1.21. The van der Waals surface area contributed by atoms with Gasteiger partial charge < -0.3 is 5.11 Å². The molecule has 32 heavy (non-hydrogen) atoms. The molecule has 3 heterocycles. The van der Waals surface area contributed by atoms with E-state index in [1.54, 1.807) is 0 Å². The molecule has 0 aliphatic rings. The van der Waals surface area contributed by atoms with Gasteiger partial charge in [0, 0.05) is 29.0 Å². The molecule has 2 aromatic carbocycles. The molecule has 0 saturated carbocycles. The highest BCUT2D eigenvalue weighted by atomic mass is 32.1. The summed E-state index contributed by atoms with van der Waals surface area (Å²) in [6, 6.07) is 10.6. The number of halogens is 2. The Kier molecular flexibility index (Phi) is 5.04. The summed E-state index contributed by atoms with van der Waals surface area (Å²) in [5.74, 6) is -0.949. The van der Waals surface area contributed by atoms with Crippen molar-refractivity contribution in [2.75, 3.05) is 0 Å². The number of benzene rings is 2. The van der Waals surface area contributed by atoms with Crippen LogP contribution in [-0.2, 0) is 12.1 Å². The van der Waals surface area contributed by atoms with Gasteiger partial charge >= 0.3 is 0 Å². The van der Waals surface area contributed by atoms with Gasteiger partial charge in [-0.05, 0) is 12.1 Å². The van der Waals surface area contributed by atoms with Crippen molar-refractivity contribution in [3.8, 4) is 22.0 Å². The van der Waals surface area contributed by atoms with Gasteiger partial charge in [0.2, 0.25) is 0 Å². The minimum atomic E-state index is -1.83. The third-order valence-electron chi connectivity index (χ3n) is 4.97. The second-order valence-corrected chi connectivity index (χ2v) is 8.05. The number of hydrogen-bond donors (Lipinski definition) is 2. The van der Waals surface area contributed by atoms with Crippen molar-refractivity contribution in [2.45, 2.75) is 12.1 Å². The van der Waals surface area contributed by atoms with Gasteiger partial charge in [-0.1, -0.05) is 24.3 Å². The topological polar surface area (TPSA) is 105 Å². The van der Waals surface area contributed by atoms with E-state index < -0.39 is 17.2 Å². The smallest absolute Gasteiger partial charge is 0.155 e. The van der Waals surface area contributed by atoms with Crippen LogP contribution in [0.15, 0.2) is 67.6 Å². The average Bonchev–Trinajstić information content (AvgIpc) is 3.56. The fraction of sp³-hybridized carbons (Fsp3) is 0.0952. The third kappa shape index (κ3) is 3.67. The Bertz CT molecular complexity index is 1340. The maximum atomic E-state index is 14.7. The molecule has 2 N–H and O–H groups in total. The Morgan fingerprint density at radius 2 is 1.84 bits per heavy atom. The van der Waals surface area contributed by atoms with Gasteiger partial charge in [-0.2, -0.15) is 10.2 Å². The molecular formula is C21H15F2N7OS. The van der Waals surface area contributed by atoms with Gasteiger partial charge in [0.15, 0.2) is 5.82 Å². The van der Waals surface area contributed by atoms with Gasteiger partial charge in [-0.3, -0.25) is 5.10 Å². The quantitative estimate of drug-likeness (QED) is 0.410. The average molecular weight is 451 g/mol. The van der Waals surface area contributed by atoms with E-state index in [0.717, 1.165) is 23.3 Å². The fourth-order valence-corrected chi connectivity index (χ4v) is 4.40. The first kappa shape index (κ1) is 20.1. The lowest BCUT2D eigenvalue weighted by molar-refractivity contribution is 0.0569. The summed E-state index contributed by atoms with van der Waals surface area (Å²) in [6.45, 7) is -0.123. The van der Waals surface area contributed by atoms with Crippen molar-refractivity contribution in [3.63, 3.8) is 0 Å².